The molecule has 0 aromatic heterocycles. The van der Waals surface area contributed by atoms with Crippen LogP contribution in [0.3, 0.4) is 0 Å². The van der Waals surface area contributed by atoms with Crippen molar-refractivity contribution in [3.05, 3.63) is 47.8 Å². The van der Waals surface area contributed by atoms with Crippen LogP contribution in [0.4, 0.5) is 17.6 Å². The van der Waals surface area contributed by atoms with E-state index in [9.17, 15) is 17.6 Å². The highest BCUT2D eigenvalue weighted by molar-refractivity contribution is 5.73. The summed E-state index contributed by atoms with van der Waals surface area (Å²) in [6.45, 7) is 0. The molecule has 0 bridgehead atoms. The summed E-state index contributed by atoms with van der Waals surface area (Å²) in [5.74, 6) is -1.39. The normalized spacial score (nSPS) is 10.9. The molecule has 0 N–H and O–H groups in total. The third-order valence-corrected chi connectivity index (χ3v) is 2.82. The SMILES string of the molecule is COc1cccc(-c2cc(OC(F)(F)F)ccc2C#N)c1F. The Labute approximate surface area is 123 Å². The number of ether oxygens (including phenoxy) is 2. The van der Waals surface area contributed by atoms with Gasteiger partial charge in [0, 0.05) is 11.1 Å². The van der Waals surface area contributed by atoms with Crippen molar-refractivity contribution in [1.82, 2.24) is 0 Å². The second-order valence-electron chi connectivity index (χ2n) is 4.19. The molecule has 2 rings (SSSR count). The summed E-state index contributed by atoms with van der Waals surface area (Å²) >= 11 is 0. The number of hydrogen-bond donors (Lipinski definition) is 0. The van der Waals surface area contributed by atoms with Crippen LogP contribution in [0.25, 0.3) is 11.1 Å². The van der Waals surface area contributed by atoms with Gasteiger partial charge < -0.3 is 9.47 Å². The Bertz CT molecular complexity index is 735. The van der Waals surface area contributed by atoms with Crippen molar-refractivity contribution in [2.24, 2.45) is 0 Å². The molecule has 0 fully saturated rings. The minimum atomic E-state index is -4.88. The molecule has 114 valence electrons. The largest absolute Gasteiger partial charge is 0.573 e. The fourth-order valence-corrected chi connectivity index (χ4v) is 1.92. The van der Waals surface area contributed by atoms with Gasteiger partial charge in [0.2, 0.25) is 0 Å². The number of alkyl halides is 3. The zero-order valence-electron chi connectivity index (χ0n) is 11.2. The maximum absolute atomic E-state index is 14.2. The predicted octanol–water partition coefficient (Wildman–Crippen LogP) is 4.27. The zero-order valence-corrected chi connectivity index (χ0v) is 11.2. The Morgan fingerprint density at radius 3 is 2.41 bits per heavy atom. The molecule has 2 aromatic carbocycles. The van der Waals surface area contributed by atoms with Crippen molar-refractivity contribution in [3.8, 4) is 28.7 Å². The first-order valence-electron chi connectivity index (χ1n) is 5.98. The van der Waals surface area contributed by atoms with Crippen LogP contribution < -0.4 is 9.47 Å². The van der Waals surface area contributed by atoms with Crippen LogP contribution in [-0.4, -0.2) is 13.5 Å². The number of hydrogen-bond acceptors (Lipinski definition) is 3. The minimum absolute atomic E-state index is 0.0133. The van der Waals surface area contributed by atoms with Gasteiger partial charge >= 0.3 is 6.36 Å². The predicted molar refractivity (Wildman–Crippen MR) is 69.8 cm³/mol. The zero-order chi connectivity index (χ0) is 16.3. The summed E-state index contributed by atoms with van der Waals surface area (Å²) in [4.78, 5) is 0. The Balaban J connectivity index is 2.59. The molecule has 3 nitrogen and oxygen atoms in total. The molecule has 0 aliphatic carbocycles. The third-order valence-electron chi connectivity index (χ3n) is 2.82. The average molecular weight is 311 g/mol. The van der Waals surface area contributed by atoms with Gasteiger partial charge in [-0.15, -0.1) is 13.2 Å². The Morgan fingerprint density at radius 2 is 1.82 bits per heavy atom. The van der Waals surface area contributed by atoms with Crippen LogP contribution in [0.2, 0.25) is 0 Å². The number of rotatable bonds is 3. The monoisotopic (exact) mass is 311 g/mol. The maximum atomic E-state index is 14.2. The summed E-state index contributed by atoms with van der Waals surface area (Å²) in [5, 5.41) is 9.05. The Kier molecular flexibility index (Phi) is 4.22. The first-order chi connectivity index (χ1) is 10.4. The van der Waals surface area contributed by atoms with E-state index in [2.05, 4.69) is 4.74 Å². The molecule has 0 radical (unpaired) electrons. The van der Waals surface area contributed by atoms with Gasteiger partial charge in [0.15, 0.2) is 11.6 Å². The molecular weight excluding hydrogens is 302 g/mol. The molecule has 0 saturated heterocycles. The summed E-state index contributed by atoms with van der Waals surface area (Å²) in [6.07, 6.45) is -4.88. The van der Waals surface area contributed by atoms with Gasteiger partial charge in [-0.25, -0.2) is 4.39 Å². The molecule has 2 aromatic rings. The fourth-order valence-electron chi connectivity index (χ4n) is 1.92. The van der Waals surface area contributed by atoms with Gasteiger partial charge in [-0.3, -0.25) is 0 Å². The molecule has 0 aliphatic heterocycles. The van der Waals surface area contributed by atoms with E-state index in [-0.39, 0.29) is 22.4 Å². The van der Waals surface area contributed by atoms with E-state index in [4.69, 9.17) is 10.00 Å². The quantitative estimate of drug-likeness (QED) is 0.795. The molecule has 0 atom stereocenters. The Morgan fingerprint density at radius 1 is 1.09 bits per heavy atom. The van der Waals surface area contributed by atoms with E-state index in [0.29, 0.717) is 0 Å². The van der Waals surface area contributed by atoms with Crippen LogP contribution in [0.15, 0.2) is 36.4 Å². The first-order valence-corrected chi connectivity index (χ1v) is 5.98. The number of nitrogens with zero attached hydrogens (tertiary/aromatic N) is 1. The summed E-state index contributed by atoms with van der Waals surface area (Å²) in [5.41, 5.74) is -0.0501. The maximum Gasteiger partial charge on any atom is 0.573 e. The molecule has 0 aliphatic rings. The molecule has 0 spiro atoms. The minimum Gasteiger partial charge on any atom is -0.494 e. The van der Waals surface area contributed by atoms with Gasteiger partial charge in [0.25, 0.3) is 0 Å². The number of methoxy groups -OCH3 is 1. The van der Waals surface area contributed by atoms with Crippen LogP contribution in [0.5, 0.6) is 11.5 Å². The summed E-state index contributed by atoms with van der Waals surface area (Å²) in [6, 6.07) is 9.06. The fraction of sp³-hybridized carbons (Fsp3) is 0.133. The van der Waals surface area contributed by atoms with E-state index < -0.39 is 17.9 Å². The average Bonchev–Trinajstić information content (AvgIpc) is 2.46. The highest BCUT2D eigenvalue weighted by Gasteiger charge is 2.31. The van der Waals surface area contributed by atoms with Gasteiger partial charge in [0.1, 0.15) is 5.75 Å². The van der Waals surface area contributed by atoms with E-state index in [1.807, 2.05) is 0 Å². The standard InChI is InChI=1S/C15H9F4NO2/c1-21-13-4-2-3-11(14(13)16)12-7-10(22-15(17,18)19)6-5-9(12)8-20/h2-7H,1H3. The van der Waals surface area contributed by atoms with Crippen molar-refractivity contribution in [1.29, 1.82) is 5.26 Å². The molecule has 22 heavy (non-hydrogen) atoms. The molecule has 0 unspecified atom stereocenters. The molecule has 0 heterocycles. The van der Waals surface area contributed by atoms with Crippen molar-refractivity contribution in [2.75, 3.05) is 7.11 Å². The molecule has 0 amide bonds. The second-order valence-corrected chi connectivity index (χ2v) is 4.19. The molecule has 0 saturated carbocycles. The lowest BCUT2D eigenvalue weighted by Crippen LogP contribution is -2.17. The smallest absolute Gasteiger partial charge is 0.494 e. The van der Waals surface area contributed by atoms with Crippen molar-refractivity contribution in [2.45, 2.75) is 6.36 Å². The van der Waals surface area contributed by atoms with E-state index in [0.717, 1.165) is 18.2 Å². The van der Waals surface area contributed by atoms with Gasteiger partial charge in [-0.1, -0.05) is 12.1 Å². The molecular formula is C15H9F4NO2. The van der Waals surface area contributed by atoms with Crippen LogP contribution >= 0.6 is 0 Å². The van der Waals surface area contributed by atoms with Crippen LogP contribution in [0, 0.1) is 17.1 Å². The van der Waals surface area contributed by atoms with Crippen LogP contribution in [0.1, 0.15) is 5.56 Å². The lowest BCUT2D eigenvalue weighted by Gasteiger charge is -2.12. The highest BCUT2D eigenvalue weighted by atomic mass is 19.4. The molecule has 7 heteroatoms. The van der Waals surface area contributed by atoms with Crippen molar-refractivity contribution < 1.29 is 27.0 Å². The second kappa shape index (κ2) is 5.93. The lowest BCUT2D eigenvalue weighted by molar-refractivity contribution is -0.274. The van der Waals surface area contributed by atoms with Gasteiger partial charge in [0.05, 0.1) is 18.7 Å². The van der Waals surface area contributed by atoms with E-state index in [1.54, 1.807) is 6.07 Å². The van der Waals surface area contributed by atoms with Crippen LogP contribution in [-0.2, 0) is 0 Å². The number of benzene rings is 2. The number of halogens is 4. The summed E-state index contributed by atoms with van der Waals surface area (Å²) in [7, 11) is 1.26. The highest BCUT2D eigenvalue weighted by Crippen LogP contribution is 2.34. The summed E-state index contributed by atoms with van der Waals surface area (Å²) < 4.78 is 59.7. The number of nitriles is 1. The Hall–Kier alpha value is -2.75. The van der Waals surface area contributed by atoms with E-state index in [1.165, 1.54) is 25.3 Å². The van der Waals surface area contributed by atoms with Crippen molar-refractivity contribution in [3.63, 3.8) is 0 Å². The van der Waals surface area contributed by atoms with Crippen molar-refractivity contribution >= 4 is 0 Å². The first kappa shape index (κ1) is 15.6. The lowest BCUT2D eigenvalue weighted by atomic mass is 9.99. The van der Waals surface area contributed by atoms with Gasteiger partial charge in [-0.2, -0.15) is 5.26 Å². The van der Waals surface area contributed by atoms with E-state index >= 15 is 0 Å². The van der Waals surface area contributed by atoms with Gasteiger partial charge in [-0.05, 0) is 24.3 Å². The third kappa shape index (κ3) is 3.28. The topological polar surface area (TPSA) is 42.2 Å².